The largest absolute Gasteiger partial charge is 0.324 e. The van der Waals surface area contributed by atoms with E-state index in [1.165, 1.54) is 39.8 Å². The number of thiophene rings is 1. The first-order valence-corrected chi connectivity index (χ1v) is 14.3. The van der Waals surface area contributed by atoms with Gasteiger partial charge < -0.3 is 5.32 Å². The van der Waals surface area contributed by atoms with Crippen molar-refractivity contribution in [3.05, 3.63) is 76.9 Å². The Morgan fingerprint density at radius 3 is 2.58 bits per heavy atom. The SMILES string of the molecule is Cc1sc(SN2CCSCC2)cc1NC(=O)C(Cc1ccccc1)NSc1ccc(F)cc1. The standard InChI is InChI=1S/C24H26FN3OS4/c1-17-21(16-23(31-17)33-28-11-13-30-14-12-28)26-24(29)22(15-18-5-3-2-4-6-18)27-32-20-9-7-19(25)8-10-20/h2-10,16,22,27H,11-15H2,1H3,(H,26,29). The number of rotatable bonds is 9. The number of hydrogen-bond acceptors (Lipinski definition) is 7. The third kappa shape index (κ3) is 7.50. The van der Waals surface area contributed by atoms with E-state index in [4.69, 9.17) is 0 Å². The molecule has 1 aliphatic heterocycles. The third-order valence-electron chi connectivity index (χ3n) is 5.07. The number of halogens is 1. The van der Waals surface area contributed by atoms with Gasteiger partial charge in [0.25, 0.3) is 0 Å². The second kappa shape index (κ2) is 12.3. The summed E-state index contributed by atoms with van der Waals surface area (Å²) in [6.07, 6.45) is 0.553. The van der Waals surface area contributed by atoms with E-state index in [-0.39, 0.29) is 11.7 Å². The number of thioether (sulfide) groups is 1. The highest BCUT2D eigenvalue weighted by molar-refractivity contribution is 8.00. The molecule has 174 valence electrons. The van der Waals surface area contributed by atoms with Crippen molar-refractivity contribution in [2.45, 2.75) is 28.5 Å². The van der Waals surface area contributed by atoms with Crippen molar-refractivity contribution in [3.8, 4) is 0 Å². The highest BCUT2D eigenvalue weighted by atomic mass is 32.2. The lowest BCUT2D eigenvalue weighted by Crippen LogP contribution is -2.39. The van der Waals surface area contributed by atoms with Crippen LogP contribution in [0.5, 0.6) is 0 Å². The monoisotopic (exact) mass is 519 g/mol. The summed E-state index contributed by atoms with van der Waals surface area (Å²) in [6, 6.07) is 17.8. The summed E-state index contributed by atoms with van der Waals surface area (Å²) in [5.74, 6) is 1.97. The molecule has 1 fully saturated rings. The zero-order valence-electron chi connectivity index (χ0n) is 18.3. The molecule has 1 aliphatic rings. The Labute approximate surface area is 211 Å². The van der Waals surface area contributed by atoms with Gasteiger partial charge in [0.2, 0.25) is 5.91 Å². The van der Waals surface area contributed by atoms with Crippen LogP contribution < -0.4 is 10.0 Å². The number of aryl methyl sites for hydroxylation is 1. The Morgan fingerprint density at radius 2 is 1.85 bits per heavy atom. The number of nitrogens with one attached hydrogen (secondary N) is 2. The smallest absolute Gasteiger partial charge is 0.242 e. The summed E-state index contributed by atoms with van der Waals surface area (Å²) in [6.45, 7) is 4.21. The van der Waals surface area contributed by atoms with Crippen LogP contribution in [0.1, 0.15) is 10.4 Å². The molecule has 1 amide bonds. The van der Waals surface area contributed by atoms with Crippen molar-refractivity contribution in [2.75, 3.05) is 29.9 Å². The Bertz CT molecular complexity index is 1040. The van der Waals surface area contributed by atoms with Gasteiger partial charge in [0.15, 0.2) is 0 Å². The third-order valence-corrected chi connectivity index (χ3v) is 9.17. The van der Waals surface area contributed by atoms with Crippen LogP contribution >= 0.6 is 47.0 Å². The highest BCUT2D eigenvalue weighted by Gasteiger charge is 2.22. The van der Waals surface area contributed by atoms with Crippen LogP contribution in [0.3, 0.4) is 0 Å². The van der Waals surface area contributed by atoms with Gasteiger partial charge in [-0.15, -0.1) is 11.3 Å². The van der Waals surface area contributed by atoms with Gasteiger partial charge in [-0.05, 0) is 73.1 Å². The summed E-state index contributed by atoms with van der Waals surface area (Å²) < 4.78 is 20.1. The first kappa shape index (κ1) is 24.6. The van der Waals surface area contributed by atoms with Gasteiger partial charge in [-0.25, -0.2) is 13.4 Å². The first-order valence-electron chi connectivity index (χ1n) is 10.7. The molecule has 2 N–H and O–H groups in total. The fraction of sp³-hybridized carbons (Fsp3) is 0.292. The summed E-state index contributed by atoms with van der Waals surface area (Å²) in [7, 11) is 0. The Balaban J connectivity index is 1.43. The molecule has 9 heteroatoms. The van der Waals surface area contributed by atoms with Crippen molar-refractivity contribution in [1.82, 2.24) is 9.03 Å². The number of benzene rings is 2. The molecular formula is C24H26FN3OS4. The lowest BCUT2D eigenvalue weighted by atomic mass is 10.1. The normalized spacial score (nSPS) is 15.3. The number of hydrogen-bond donors (Lipinski definition) is 2. The fourth-order valence-electron chi connectivity index (χ4n) is 3.29. The average Bonchev–Trinajstić information content (AvgIpc) is 3.17. The second-order valence-electron chi connectivity index (χ2n) is 7.57. The Morgan fingerprint density at radius 1 is 1.12 bits per heavy atom. The molecule has 4 nitrogen and oxygen atoms in total. The topological polar surface area (TPSA) is 44.4 Å². The first-order chi connectivity index (χ1) is 16.1. The minimum atomic E-state index is -0.447. The molecule has 3 aromatic rings. The zero-order chi connectivity index (χ0) is 23.0. The number of carbonyl (C=O) groups excluding carboxylic acids is 1. The lowest BCUT2D eigenvalue weighted by molar-refractivity contribution is -0.117. The summed E-state index contributed by atoms with van der Waals surface area (Å²) in [4.78, 5) is 15.2. The fourth-order valence-corrected chi connectivity index (χ4v) is 7.49. The summed E-state index contributed by atoms with van der Waals surface area (Å²) >= 11 is 6.84. The van der Waals surface area contributed by atoms with E-state index in [9.17, 15) is 9.18 Å². The molecule has 0 saturated carbocycles. The molecule has 1 unspecified atom stereocenters. The summed E-state index contributed by atoms with van der Waals surface area (Å²) in [5, 5.41) is 3.13. The van der Waals surface area contributed by atoms with Crippen LogP contribution in [0.15, 0.2) is 69.8 Å². The predicted octanol–water partition coefficient (Wildman–Crippen LogP) is 6.10. The van der Waals surface area contributed by atoms with Crippen molar-refractivity contribution in [3.63, 3.8) is 0 Å². The number of amides is 1. The molecule has 0 bridgehead atoms. The average molecular weight is 520 g/mol. The number of carbonyl (C=O) groups is 1. The van der Waals surface area contributed by atoms with Crippen LogP contribution in [0, 0.1) is 12.7 Å². The lowest BCUT2D eigenvalue weighted by Gasteiger charge is -2.23. The van der Waals surface area contributed by atoms with E-state index in [0.717, 1.165) is 34.1 Å². The maximum absolute atomic E-state index is 13.3. The van der Waals surface area contributed by atoms with Gasteiger partial charge in [0.05, 0.1) is 9.90 Å². The second-order valence-corrected chi connectivity index (χ2v) is 12.4. The molecule has 1 aromatic heterocycles. The molecule has 4 rings (SSSR count). The molecule has 2 aromatic carbocycles. The molecule has 2 heterocycles. The van der Waals surface area contributed by atoms with E-state index in [2.05, 4.69) is 20.4 Å². The highest BCUT2D eigenvalue weighted by Crippen LogP contribution is 2.36. The Kier molecular flexibility index (Phi) is 9.17. The maximum Gasteiger partial charge on any atom is 0.242 e. The van der Waals surface area contributed by atoms with Gasteiger partial charge >= 0.3 is 0 Å². The number of nitrogens with zero attached hydrogens (tertiary/aromatic N) is 1. The number of anilines is 1. The molecule has 0 spiro atoms. The molecule has 1 saturated heterocycles. The minimum Gasteiger partial charge on any atom is -0.324 e. The molecule has 0 radical (unpaired) electrons. The van der Waals surface area contributed by atoms with Crippen LogP contribution in [-0.4, -0.2) is 40.8 Å². The van der Waals surface area contributed by atoms with E-state index in [0.29, 0.717) is 6.42 Å². The quantitative estimate of drug-likeness (QED) is 0.333. The van der Waals surface area contributed by atoms with Crippen molar-refractivity contribution >= 4 is 58.6 Å². The molecule has 1 atom stereocenters. The molecule has 33 heavy (non-hydrogen) atoms. The van der Waals surface area contributed by atoms with E-state index < -0.39 is 6.04 Å². The van der Waals surface area contributed by atoms with Gasteiger partial charge in [0, 0.05) is 34.4 Å². The molecule has 0 aliphatic carbocycles. The maximum atomic E-state index is 13.3. The van der Waals surface area contributed by atoms with E-state index in [1.807, 2.05) is 49.0 Å². The van der Waals surface area contributed by atoms with Crippen LogP contribution in [0.2, 0.25) is 0 Å². The van der Waals surface area contributed by atoms with Crippen LogP contribution in [0.4, 0.5) is 10.1 Å². The van der Waals surface area contributed by atoms with Gasteiger partial charge in [0.1, 0.15) is 11.9 Å². The summed E-state index contributed by atoms with van der Waals surface area (Å²) in [5.41, 5.74) is 1.94. The van der Waals surface area contributed by atoms with Crippen molar-refractivity contribution in [1.29, 1.82) is 0 Å². The van der Waals surface area contributed by atoms with Gasteiger partial charge in [-0.2, -0.15) is 11.8 Å². The van der Waals surface area contributed by atoms with Crippen molar-refractivity contribution < 1.29 is 9.18 Å². The van der Waals surface area contributed by atoms with Gasteiger partial charge in [-0.1, -0.05) is 30.3 Å². The van der Waals surface area contributed by atoms with Gasteiger partial charge in [-0.3, -0.25) is 4.79 Å². The molecular weight excluding hydrogens is 494 g/mol. The van der Waals surface area contributed by atoms with Crippen molar-refractivity contribution in [2.24, 2.45) is 0 Å². The zero-order valence-corrected chi connectivity index (χ0v) is 21.5. The minimum absolute atomic E-state index is 0.0831. The van der Waals surface area contributed by atoms with E-state index in [1.54, 1.807) is 35.4 Å². The predicted molar refractivity (Wildman–Crippen MR) is 142 cm³/mol. The van der Waals surface area contributed by atoms with Crippen LogP contribution in [0.25, 0.3) is 0 Å². The van der Waals surface area contributed by atoms with Crippen LogP contribution in [-0.2, 0) is 11.2 Å². The Hall–Kier alpha value is -1.49. The van der Waals surface area contributed by atoms with E-state index >= 15 is 0 Å².